The van der Waals surface area contributed by atoms with E-state index >= 15 is 0 Å². The Hall–Kier alpha value is -2.02. The van der Waals surface area contributed by atoms with Crippen LogP contribution in [-0.2, 0) is 10.8 Å². The second kappa shape index (κ2) is 7.04. The van der Waals surface area contributed by atoms with Crippen molar-refractivity contribution in [2.24, 2.45) is 0 Å². The van der Waals surface area contributed by atoms with Crippen molar-refractivity contribution in [3.05, 3.63) is 42.3 Å². The normalized spacial score (nSPS) is 21.0. The van der Waals surface area contributed by atoms with Gasteiger partial charge in [0.1, 0.15) is 11.6 Å². The van der Waals surface area contributed by atoms with Gasteiger partial charge in [0.05, 0.1) is 0 Å². The molecule has 0 atom stereocenters. The summed E-state index contributed by atoms with van der Waals surface area (Å²) in [6, 6.07) is 7.73. The lowest BCUT2D eigenvalue weighted by molar-refractivity contribution is 0.457. The average molecular weight is 335 g/mol. The van der Waals surface area contributed by atoms with E-state index in [0.717, 1.165) is 24.3 Å². The molecule has 0 unspecified atom stereocenters. The van der Waals surface area contributed by atoms with E-state index in [1.807, 2.05) is 11.9 Å². The summed E-state index contributed by atoms with van der Waals surface area (Å²) >= 11 is 0. The molecule has 122 valence electrons. The Bertz CT molecular complexity index is 686. The summed E-state index contributed by atoms with van der Waals surface area (Å²) in [5.41, 5.74) is 0. The molecule has 0 N–H and O–H groups in total. The number of hydrogen-bond acceptors (Lipinski definition) is 5. The first-order chi connectivity index (χ1) is 11.1. The fourth-order valence-corrected chi connectivity index (χ4v) is 3.79. The van der Waals surface area contributed by atoms with E-state index in [9.17, 15) is 8.60 Å². The molecular formula is C16H18FN3O2S. The van der Waals surface area contributed by atoms with Gasteiger partial charge in [-0.25, -0.2) is 9.37 Å². The molecule has 1 aliphatic heterocycles. The molecule has 0 aliphatic carbocycles. The van der Waals surface area contributed by atoms with E-state index in [1.54, 1.807) is 24.4 Å². The zero-order valence-corrected chi connectivity index (χ0v) is 13.6. The molecule has 5 nitrogen and oxygen atoms in total. The Labute approximate surface area is 137 Å². The van der Waals surface area contributed by atoms with Crippen LogP contribution in [0.2, 0.25) is 0 Å². The number of anilines is 1. The lowest BCUT2D eigenvalue weighted by Crippen LogP contribution is -2.38. The van der Waals surface area contributed by atoms with Crippen LogP contribution in [0.3, 0.4) is 0 Å². The minimum absolute atomic E-state index is 0.286. The monoisotopic (exact) mass is 335 g/mol. The number of nitrogens with zero attached hydrogens (tertiary/aromatic N) is 3. The molecule has 23 heavy (non-hydrogen) atoms. The molecule has 0 spiro atoms. The molecule has 1 saturated heterocycles. The first kappa shape index (κ1) is 15.9. The largest absolute Gasteiger partial charge is 0.439 e. The lowest BCUT2D eigenvalue weighted by atomic mass is 10.1. The molecule has 7 heteroatoms. The van der Waals surface area contributed by atoms with Gasteiger partial charge in [-0.1, -0.05) is 0 Å². The fourth-order valence-electron chi connectivity index (χ4n) is 2.51. The van der Waals surface area contributed by atoms with Crippen LogP contribution in [0.4, 0.5) is 10.3 Å². The predicted octanol–water partition coefficient (Wildman–Crippen LogP) is 2.76. The van der Waals surface area contributed by atoms with E-state index < -0.39 is 10.8 Å². The third-order valence-corrected chi connectivity index (χ3v) is 5.26. The van der Waals surface area contributed by atoms with Crippen LogP contribution in [0.15, 0.2) is 36.5 Å². The number of aromatic nitrogens is 2. The van der Waals surface area contributed by atoms with Crippen LogP contribution >= 0.6 is 0 Å². The second-order valence-electron chi connectivity index (χ2n) is 5.44. The van der Waals surface area contributed by atoms with Gasteiger partial charge in [0, 0.05) is 47.7 Å². The van der Waals surface area contributed by atoms with Gasteiger partial charge < -0.3 is 9.64 Å². The highest BCUT2D eigenvalue weighted by Gasteiger charge is 2.23. The van der Waals surface area contributed by atoms with Gasteiger partial charge in [-0.15, -0.1) is 0 Å². The van der Waals surface area contributed by atoms with Crippen molar-refractivity contribution in [1.29, 1.82) is 0 Å². The van der Waals surface area contributed by atoms with E-state index in [2.05, 4.69) is 9.97 Å². The number of rotatable bonds is 4. The van der Waals surface area contributed by atoms with E-state index in [0.29, 0.717) is 17.6 Å². The summed E-state index contributed by atoms with van der Waals surface area (Å²) in [6.07, 6.45) is 3.38. The van der Waals surface area contributed by atoms with Crippen molar-refractivity contribution in [1.82, 2.24) is 9.97 Å². The zero-order valence-electron chi connectivity index (χ0n) is 12.8. The molecule has 0 bridgehead atoms. The van der Waals surface area contributed by atoms with Crippen molar-refractivity contribution >= 4 is 16.7 Å². The zero-order chi connectivity index (χ0) is 16.2. The topological polar surface area (TPSA) is 55.3 Å². The maximum atomic E-state index is 12.9. The van der Waals surface area contributed by atoms with Crippen LogP contribution in [0.25, 0.3) is 0 Å². The molecule has 1 fully saturated rings. The molecule has 1 aromatic heterocycles. The van der Waals surface area contributed by atoms with Crippen LogP contribution < -0.4 is 9.64 Å². The molecular weight excluding hydrogens is 317 g/mol. The van der Waals surface area contributed by atoms with Gasteiger partial charge >= 0.3 is 0 Å². The van der Waals surface area contributed by atoms with Gasteiger partial charge in [-0.3, -0.25) is 4.21 Å². The highest BCUT2D eigenvalue weighted by atomic mass is 32.2. The Kier molecular flexibility index (Phi) is 4.85. The molecule has 0 saturated carbocycles. The van der Waals surface area contributed by atoms with Crippen molar-refractivity contribution in [2.75, 3.05) is 23.5 Å². The number of ether oxygens (including phenoxy) is 1. The molecule has 1 aromatic carbocycles. The highest BCUT2D eigenvalue weighted by Crippen LogP contribution is 2.23. The smallest absolute Gasteiger partial charge is 0.228 e. The Morgan fingerprint density at radius 2 is 1.91 bits per heavy atom. The molecule has 3 rings (SSSR count). The molecule has 0 radical (unpaired) electrons. The van der Waals surface area contributed by atoms with Gasteiger partial charge in [0.15, 0.2) is 0 Å². The summed E-state index contributed by atoms with van der Waals surface area (Å²) in [7, 11) is 1.25. The first-order valence-corrected chi connectivity index (χ1v) is 8.95. The van der Waals surface area contributed by atoms with Crippen molar-refractivity contribution < 1.29 is 13.3 Å². The van der Waals surface area contributed by atoms with Crippen LogP contribution in [0.5, 0.6) is 11.6 Å². The van der Waals surface area contributed by atoms with E-state index in [1.165, 1.54) is 12.1 Å². The van der Waals surface area contributed by atoms with E-state index in [4.69, 9.17) is 4.74 Å². The summed E-state index contributed by atoms with van der Waals surface area (Å²) in [5.74, 6) is 2.64. The maximum absolute atomic E-state index is 12.9. The summed E-state index contributed by atoms with van der Waals surface area (Å²) in [4.78, 5) is 10.7. The molecule has 1 aliphatic rings. The van der Waals surface area contributed by atoms with Gasteiger partial charge in [0.2, 0.25) is 11.8 Å². The van der Waals surface area contributed by atoms with Crippen molar-refractivity contribution in [3.8, 4) is 11.6 Å². The van der Waals surface area contributed by atoms with Crippen LogP contribution in [0.1, 0.15) is 12.8 Å². The minimum atomic E-state index is -0.690. The van der Waals surface area contributed by atoms with Crippen molar-refractivity contribution in [3.63, 3.8) is 0 Å². The van der Waals surface area contributed by atoms with Crippen LogP contribution in [-0.4, -0.2) is 38.8 Å². The lowest BCUT2D eigenvalue weighted by Gasteiger charge is -2.30. The number of hydrogen-bond donors (Lipinski definition) is 0. The summed E-state index contributed by atoms with van der Waals surface area (Å²) in [5, 5.41) is 0. The first-order valence-electron chi connectivity index (χ1n) is 7.46. The van der Waals surface area contributed by atoms with Gasteiger partial charge in [-0.2, -0.15) is 4.98 Å². The van der Waals surface area contributed by atoms with Gasteiger partial charge in [0.25, 0.3) is 0 Å². The SMILES string of the molecule is CN(c1nccc(Oc2ccc(F)cc2)n1)C1CCS(=O)CC1. The number of benzene rings is 1. The standard InChI is InChI=1S/C16H18FN3O2S/c1-20(13-7-10-23(21)11-8-13)16-18-9-6-15(19-16)22-14-4-2-12(17)3-5-14/h2-6,9,13H,7-8,10-11H2,1H3. The third kappa shape index (κ3) is 4.04. The minimum Gasteiger partial charge on any atom is -0.439 e. The quantitative estimate of drug-likeness (QED) is 0.860. The second-order valence-corrected chi connectivity index (χ2v) is 7.14. The molecule has 2 heterocycles. The highest BCUT2D eigenvalue weighted by molar-refractivity contribution is 7.85. The predicted molar refractivity (Wildman–Crippen MR) is 87.8 cm³/mol. The summed E-state index contributed by atoms with van der Waals surface area (Å²) < 4.78 is 30.0. The van der Waals surface area contributed by atoms with Gasteiger partial charge in [-0.05, 0) is 37.1 Å². The summed E-state index contributed by atoms with van der Waals surface area (Å²) in [6.45, 7) is 0. The van der Waals surface area contributed by atoms with E-state index in [-0.39, 0.29) is 11.9 Å². The Morgan fingerprint density at radius 3 is 2.61 bits per heavy atom. The maximum Gasteiger partial charge on any atom is 0.228 e. The Morgan fingerprint density at radius 1 is 1.22 bits per heavy atom. The molecule has 0 amide bonds. The van der Waals surface area contributed by atoms with Crippen LogP contribution in [0, 0.1) is 5.82 Å². The Balaban J connectivity index is 1.71. The average Bonchev–Trinajstić information content (AvgIpc) is 2.57. The molecule has 2 aromatic rings. The van der Waals surface area contributed by atoms with Crippen molar-refractivity contribution in [2.45, 2.75) is 18.9 Å². The third-order valence-electron chi connectivity index (χ3n) is 3.87. The number of halogens is 1. The fraction of sp³-hybridized carbons (Fsp3) is 0.375.